The summed E-state index contributed by atoms with van der Waals surface area (Å²) in [6.07, 6.45) is 4.76. The Hall–Kier alpha value is -0.0500. The first kappa shape index (κ1) is 11.4. The van der Waals surface area contributed by atoms with Crippen molar-refractivity contribution in [3.63, 3.8) is 0 Å². The summed E-state index contributed by atoms with van der Waals surface area (Å²) >= 11 is 9.89. The molecular formula is C12H15BrClN. The van der Waals surface area contributed by atoms with Crippen LogP contribution in [-0.2, 0) is 5.41 Å². The number of hydrogen-bond acceptors (Lipinski definition) is 1. The van der Waals surface area contributed by atoms with E-state index >= 15 is 0 Å². The van der Waals surface area contributed by atoms with Gasteiger partial charge in [0.2, 0.25) is 0 Å². The summed E-state index contributed by atoms with van der Waals surface area (Å²) in [7, 11) is 0. The van der Waals surface area contributed by atoms with E-state index < -0.39 is 0 Å². The molecule has 0 heterocycles. The van der Waals surface area contributed by atoms with E-state index in [0.717, 1.165) is 22.5 Å². The molecule has 1 aliphatic rings. The summed E-state index contributed by atoms with van der Waals surface area (Å²) in [4.78, 5) is 0. The molecule has 1 saturated carbocycles. The monoisotopic (exact) mass is 287 g/mol. The Morgan fingerprint density at radius 3 is 2.60 bits per heavy atom. The first-order valence-electron chi connectivity index (χ1n) is 5.34. The molecule has 2 rings (SSSR count). The van der Waals surface area contributed by atoms with E-state index in [2.05, 4.69) is 22.0 Å². The molecule has 0 unspecified atom stereocenters. The van der Waals surface area contributed by atoms with Crippen molar-refractivity contribution < 1.29 is 0 Å². The van der Waals surface area contributed by atoms with Crippen molar-refractivity contribution in [2.75, 3.05) is 6.54 Å². The van der Waals surface area contributed by atoms with E-state index in [9.17, 15) is 0 Å². The lowest BCUT2D eigenvalue weighted by molar-refractivity contribution is 0.228. The van der Waals surface area contributed by atoms with Gasteiger partial charge in [0.05, 0.1) is 0 Å². The largest absolute Gasteiger partial charge is 0.330 e. The minimum absolute atomic E-state index is 0.242. The van der Waals surface area contributed by atoms with Crippen LogP contribution in [0.15, 0.2) is 22.7 Å². The highest BCUT2D eigenvalue weighted by Crippen LogP contribution is 2.50. The maximum atomic E-state index is 6.29. The third kappa shape index (κ3) is 1.95. The zero-order chi connectivity index (χ0) is 10.9. The van der Waals surface area contributed by atoms with Gasteiger partial charge in [-0.1, -0.05) is 40.0 Å². The maximum Gasteiger partial charge on any atom is 0.0454 e. The predicted molar refractivity (Wildman–Crippen MR) is 68.4 cm³/mol. The zero-order valence-corrected chi connectivity index (χ0v) is 10.9. The van der Waals surface area contributed by atoms with E-state index in [-0.39, 0.29) is 5.41 Å². The highest BCUT2D eigenvalue weighted by Gasteiger charge is 2.40. The van der Waals surface area contributed by atoms with Crippen molar-refractivity contribution in [3.8, 4) is 0 Å². The van der Waals surface area contributed by atoms with Crippen LogP contribution in [0.5, 0.6) is 0 Å². The Morgan fingerprint density at radius 1 is 1.40 bits per heavy atom. The molecule has 3 heteroatoms. The highest BCUT2D eigenvalue weighted by atomic mass is 79.9. The fourth-order valence-electron chi connectivity index (χ4n) is 2.51. The van der Waals surface area contributed by atoms with Gasteiger partial charge in [0.1, 0.15) is 0 Å². The molecule has 0 aliphatic heterocycles. The van der Waals surface area contributed by atoms with Crippen LogP contribution < -0.4 is 5.73 Å². The summed E-state index contributed by atoms with van der Waals surface area (Å²) in [5.74, 6) is 0. The van der Waals surface area contributed by atoms with Gasteiger partial charge in [0.15, 0.2) is 0 Å². The minimum Gasteiger partial charge on any atom is -0.330 e. The Kier molecular flexibility index (Phi) is 3.39. The Balaban J connectivity index is 2.42. The summed E-state index contributed by atoms with van der Waals surface area (Å²) in [6.45, 7) is 0.734. The van der Waals surface area contributed by atoms with Gasteiger partial charge in [0.25, 0.3) is 0 Å². The fraction of sp³-hybridized carbons (Fsp3) is 0.500. The molecule has 0 amide bonds. The number of nitrogens with two attached hydrogens (primary N) is 1. The molecule has 0 aromatic heterocycles. The summed E-state index contributed by atoms with van der Waals surface area (Å²) in [5, 5.41) is 0.873. The first-order valence-corrected chi connectivity index (χ1v) is 6.51. The normalized spacial score (nSPS) is 18.6. The smallest absolute Gasteiger partial charge is 0.0454 e. The van der Waals surface area contributed by atoms with Crippen molar-refractivity contribution >= 4 is 27.5 Å². The third-order valence-corrected chi connectivity index (χ3v) is 4.40. The molecule has 82 valence electrons. The molecule has 1 aromatic carbocycles. The molecular weight excluding hydrogens is 273 g/mol. The molecule has 1 aromatic rings. The van der Waals surface area contributed by atoms with Gasteiger partial charge < -0.3 is 5.73 Å². The van der Waals surface area contributed by atoms with Gasteiger partial charge in [-0.2, -0.15) is 0 Å². The lowest BCUT2D eigenvalue weighted by atomic mass is 9.62. The molecule has 1 aliphatic carbocycles. The lowest BCUT2D eigenvalue weighted by Crippen LogP contribution is -2.37. The highest BCUT2D eigenvalue weighted by molar-refractivity contribution is 9.10. The topological polar surface area (TPSA) is 26.0 Å². The Morgan fingerprint density at radius 2 is 2.13 bits per heavy atom. The molecule has 1 nitrogen and oxygen atoms in total. The van der Waals surface area contributed by atoms with Crippen LogP contribution in [0, 0.1) is 0 Å². The molecule has 0 atom stereocenters. The van der Waals surface area contributed by atoms with E-state index in [1.165, 1.54) is 24.8 Å². The fourth-order valence-corrected chi connectivity index (χ4v) is 3.79. The molecule has 0 radical (unpaired) electrons. The van der Waals surface area contributed by atoms with E-state index in [0.29, 0.717) is 0 Å². The average Bonchev–Trinajstić information content (AvgIpc) is 2.13. The summed E-state index contributed by atoms with van der Waals surface area (Å²) < 4.78 is 1.13. The quantitative estimate of drug-likeness (QED) is 0.897. The first-order chi connectivity index (χ1) is 7.19. The molecule has 0 spiro atoms. The van der Waals surface area contributed by atoms with Crippen LogP contribution in [0.4, 0.5) is 0 Å². The van der Waals surface area contributed by atoms with Crippen LogP contribution >= 0.6 is 27.5 Å². The molecule has 0 bridgehead atoms. The van der Waals surface area contributed by atoms with Crippen molar-refractivity contribution in [1.29, 1.82) is 0 Å². The molecule has 0 saturated heterocycles. The van der Waals surface area contributed by atoms with Gasteiger partial charge in [-0.05, 0) is 48.9 Å². The van der Waals surface area contributed by atoms with Crippen LogP contribution in [0.2, 0.25) is 5.02 Å². The summed E-state index contributed by atoms with van der Waals surface area (Å²) in [5.41, 5.74) is 7.21. The number of hydrogen-bond donors (Lipinski definition) is 1. The Labute approximate surface area is 104 Å². The van der Waals surface area contributed by atoms with E-state index in [1.807, 2.05) is 12.1 Å². The molecule has 1 fully saturated rings. The van der Waals surface area contributed by atoms with Crippen LogP contribution in [0.3, 0.4) is 0 Å². The minimum atomic E-state index is 0.242. The Bertz CT molecular complexity index is 340. The standard InChI is InChI=1S/C12H15BrClN/c13-9-3-1-4-10(14)11(9)12(7-8-15)5-2-6-12/h1,3-4H,2,5-8,15H2. The van der Waals surface area contributed by atoms with Gasteiger partial charge >= 0.3 is 0 Å². The van der Waals surface area contributed by atoms with Crippen LogP contribution in [0.25, 0.3) is 0 Å². The van der Waals surface area contributed by atoms with E-state index in [4.69, 9.17) is 17.3 Å². The zero-order valence-electron chi connectivity index (χ0n) is 8.60. The third-order valence-electron chi connectivity index (χ3n) is 3.43. The number of benzene rings is 1. The van der Waals surface area contributed by atoms with Gasteiger partial charge in [-0.3, -0.25) is 0 Å². The predicted octanol–water partition coefficient (Wildman–Crippen LogP) is 3.87. The molecule has 2 N–H and O–H groups in total. The number of rotatable bonds is 3. The maximum absolute atomic E-state index is 6.29. The van der Waals surface area contributed by atoms with Crippen LogP contribution in [0.1, 0.15) is 31.2 Å². The van der Waals surface area contributed by atoms with Crippen molar-refractivity contribution in [3.05, 3.63) is 33.3 Å². The second-order valence-corrected chi connectivity index (χ2v) is 5.53. The molecule has 15 heavy (non-hydrogen) atoms. The van der Waals surface area contributed by atoms with Crippen molar-refractivity contribution in [2.45, 2.75) is 31.1 Å². The lowest BCUT2D eigenvalue weighted by Gasteiger charge is -2.43. The summed E-state index contributed by atoms with van der Waals surface area (Å²) in [6, 6.07) is 6.01. The SMILES string of the molecule is NCCC1(c2c(Cl)cccc2Br)CCC1. The van der Waals surface area contributed by atoms with Gasteiger partial charge in [0, 0.05) is 9.50 Å². The average molecular weight is 289 g/mol. The second kappa shape index (κ2) is 4.44. The van der Waals surface area contributed by atoms with Crippen molar-refractivity contribution in [2.24, 2.45) is 5.73 Å². The van der Waals surface area contributed by atoms with Gasteiger partial charge in [-0.25, -0.2) is 0 Å². The second-order valence-electron chi connectivity index (χ2n) is 4.27. The van der Waals surface area contributed by atoms with Gasteiger partial charge in [-0.15, -0.1) is 0 Å². The number of halogens is 2. The van der Waals surface area contributed by atoms with E-state index in [1.54, 1.807) is 0 Å². The van der Waals surface area contributed by atoms with Crippen LogP contribution in [-0.4, -0.2) is 6.54 Å². The van der Waals surface area contributed by atoms with Crippen molar-refractivity contribution in [1.82, 2.24) is 0 Å².